The van der Waals surface area contributed by atoms with E-state index in [1.54, 1.807) is 5.57 Å². The topological polar surface area (TPSA) is 12.0 Å². The lowest BCUT2D eigenvalue weighted by Gasteiger charge is -2.21. The molecule has 1 N–H and O–H groups in total. The van der Waals surface area contributed by atoms with Crippen molar-refractivity contribution in [3.8, 4) is 0 Å². The third-order valence-electron chi connectivity index (χ3n) is 4.12. The van der Waals surface area contributed by atoms with E-state index >= 15 is 0 Å². The van der Waals surface area contributed by atoms with Gasteiger partial charge in [0.2, 0.25) is 0 Å². The van der Waals surface area contributed by atoms with Crippen LogP contribution in [0.25, 0.3) is 0 Å². The summed E-state index contributed by atoms with van der Waals surface area (Å²) in [4.78, 5) is 0. The van der Waals surface area contributed by atoms with Gasteiger partial charge in [-0.2, -0.15) is 0 Å². The Morgan fingerprint density at radius 1 is 1.00 bits per heavy atom. The molecule has 1 fully saturated rings. The molecule has 16 heavy (non-hydrogen) atoms. The molecule has 92 valence electrons. The number of hydrogen-bond donors (Lipinski definition) is 1. The molecule has 2 rings (SSSR count). The van der Waals surface area contributed by atoms with Crippen molar-refractivity contribution in [2.75, 3.05) is 6.54 Å². The van der Waals surface area contributed by atoms with E-state index in [-0.39, 0.29) is 0 Å². The molecule has 1 saturated carbocycles. The van der Waals surface area contributed by atoms with Gasteiger partial charge in [0.05, 0.1) is 0 Å². The summed E-state index contributed by atoms with van der Waals surface area (Å²) in [7, 11) is 0. The third kappa shape index (κ3) is 4.29. The lowest BCUT2D eigenvalue weighted by atomic mass is 9.96. The van der Waals surface area contributed by atoms with Gasteiger partial charge in [0.25, 0.3) is 0 Å². The molecule has 0 atom stereocenters. The first kappa shape index (κ1) is 12.2. The van der Waals surface area contributed by atoms with E-state index in [9.17, 15) is 0 Å². The second-order valence-electron chi connectivity index (χ2n) is 5.50. The van der Waals surface area contributed by atoms with Crippen LogP contribution in [0.15, 0.2) is 11.6 Å². The molecule has 0 aliphatic heterocycles. The van der Waals surface area contributed by atoms with Gasteiger partial charge in [-0.1, -0.05) is 43.8 Å². The highest BCUT2D eigenvalue weighted by molar-refractivity contribution is 5.07. The van der Waals surface area contributed by atoms with Gasteiger partial charge in [-0.25, -0.2) is 0 Å². The molecule has 0 radical (unpaired) electrons. The largest absolute Gasteiger partial charge is 0.314 e. The Kier molecular flexibility index (Phi) is 5.41. The van der Waals surface area contributed by atoms with Crippen molar-refractivity contribution in [2.24, 2.45) is 0 Å². The van der Waals surface area contributed by atoms with Crippen molar-refractivity contribution in [3.05, 3.63) is 11.6 Å². The quantitative estimate of drug-likeness (QED) is 0.702. The maximum atomic E-state index is 3.78. The lowest BCUT2D eigenvalue weighted by Crippen LogP contribution is -2.30. The molecule has 0 aromatic rings. The van der Waals surface area contributed by atoms with Crippen molar-refractivity contribution < 1.29 is 0 Å². The molecule has 0 saturated heterocycles. The van der Waals surface area contributed by atoms with Gasteiger partial charge in [0, 0.05) is 6.04 Å². The second kappa shape index (κ2) is 7.11. The van der Waals surface area contributed by atoms with Gasteiger partial charge >= 0.3 is 0 Å². The summed E-state index contributed by atoms with van der Waals surface area (Å²) in [6.45, 7) is 1.22. The van der Waals surface area contributed by atoms with E-state index < -0.39 is 0 Å². The zero-order valence-corrected chi connectivity index (χ0v) is 10.6. The zero-order chi connectivity index (χ0) is 11.1. The minimum atomic E-state index is 0.822. The molecule has 2 aliphatic rings. The first-order valence-corrected chi connectivity index (χ1v) is 7.36. The highest BCUT2D eigenvalue weighted by Crippen LogP contribution is 2.21. The summed E-state index contributed by atoms with van der Waals surface area (Å²) in [5.74, 6) is 0. The molecule has 0 amide bonds. The van der Waals surface area contributed by atoms with Crippen LogP contribution in [-0.4, -0.2) is 12.6 Å². The van der Waals surface area contributed by atoms with Crippen LogP contribution >= 0.6 is 0 Å². The Labute approximate surface area is 101 Å². The van der Waals surface area contributed by atoms with E-state index in [4.69, 9.17) is 0 Å². The predicted octanol–water partition coefficient (Wildman–Crippen LogP) is 4.19. The molecule has 1 nitrogen and oxygen atoms in total. The van der Waals surface area contributed by atoms with Crippen molar-refractivity contribution in [1.82, 2.24) is 5.32 Å². The molecule has 0 bridgehead atoms. The zero-order valence-electron chi connectivity index (χ0n) is 10.6. The molecule has 0 spiro atoms. The Hall–Kier alpha value is -0.300. The number of hydrogen-bond acceptors (Lipinski definition) is 1. The minimum absolute atomic E-state index is 0.822. The maximum Gasteiger partial charge on any atom is 0.00671 e. The lowest BCUT2D eigenvalue weighted by molar-refractivity contribution is 0.391. The summed E-state index contributed by atoms with van der Waals surface area (Å²) in [5.41, 5.74) is 1.71. The maximum absolute atomic E-state index is 3.78. The number of allylic oxidation sites excluding steroid dienone is 1. The number of rotatable bonds is 4. The third-order valence-corrected chi connectivity index (χ3v) is 4.12. The van der Waals surface area contributed by atoms with Gasteiger partial charge in [-0.15, -0.1) is 0 Å². The molecule has 2 aliphatic carbocycles. The Morgan fingerprint density at radius 2 is 1.75 bits per heavy atom. The van der Waals surface area contributed by atoms with Crippen molar-refractivity contribution in [3.63, 3.8) is 0 Å². The summed E-state index contributed by atoms with van der Waals surface area (Å²) in [6, 6.07) is 0.822. The van der Waals surface area contributed by atoms with Crippen LogP contribution < -0.4 is 5.32 Å². The second-order valence-corrected chi connectivity index (χ2v) is 5.50. The van der Waals surface area contributed by atoms with Crippen LogP contribution in [-0.2, 0) is 0 Å². The molecular weight excluding hydrogens is 194 g/mol. The van der Waals surface area contributed by atoms with E-state index in [0.29, 0.717) is 0 Å². The Bertz CT molecular complexity index is 211. The van der Waals surface area contributed by atoms with Crippen LogP contribution in [0.3, 0.4) is 0 Å². The standard InChI is InChI=1S/C15H27N/c1-2-4-10-15(11-5-3-1)16-13-12-14-8-6-7-9-14/h8,15-16H,1-7,9-13H2. The van der Waals surface area contributed by atoms with Crippen LogP contribution in [0.5, 0.6) is 0 Å². The first-order chi connectivity index (χ1) is 7.95. The average molecular weight is 221 g/mol. The average Bonchev–Trinajstić information content (AvgIpc) is 2.73. The Morgan fingerprint density at radius 3 is 2.44 bits per heavy atom. The van der Waals surface area contributed by atoms with Gasteiger partial charge in [0.15, 0.2) is 0 Å². The first-order valence-electron chi connectivity index (χ1n) is 7.36. The SMILES string of the molecule is C1=C(CCNC2CCCCCCC2)CCC1. The number of nitrogens with one attached hydrogen (secondary N) is 1. The van der Waals surface area contributed by atoms with Crippen LogP contribution in [0.2, 0.25) is 0 Å². The highest BCUT2D eigenvalue weighted by Gasteiger charge is 2.11. The smallest absolute Gasteiger partial charge is 0.00671 e. The van der Waals surface area contributed by atoms with Gasteiger partial charge in [0.1, 0.15) is 0 Å². The minimum Gasteiger partial charge on any atom is -0.314 e. The predicted molar refractivity (Wildman–Crippen MR) is 70.7 cm³/mol. The van der Waals surface area contributed by atoms with Gasteiger partial charge in [-0.05, 0) is 45.1 Å². The Balaban J connectivity index is 1.59. The summed E-state index contributed by atoms with van der Waals surface area (Å²) < 4.78 is 0. The van der Waals surface area contributed by atoms with E-state index in [1.807, 2.05) is 0 Å². The normalized spacial score (nSPS) is 23.9. The van der Waals surface area contributed by atoms with Gasteiger partial charge < -0.3 is 5.32 Å². The van der Waals surface area contributed by atoms with Crippen molar-refractivity contribution >= 4 is 0 Å². The van der Waals surface area contributed by atoms with E-state index in [2.05, 4.69) is 11.4 Å². The van der Waals surface area contributed by atoms with Crippen molar-refractivity contribution in [1.29, 1.82) is 0 Å². The fourth-order valence-corrected chi connectivity index (χ4v) is 3.06. The van der Waals surface area contributed by atoms with Gasteiger partial charge in [-0.3, -0.25) is 0 Å². The van der Waals surface area contributed by atoms with Crippen LogP contribution in [0.4, 0.5) is 0 Å². The van der Waals surface area contributed by atoms with E-state index in [1.165, 1.54) is 77.2 Å². The fourth-order valence-electron chi connectivity index (χ4n) is 3.06. The van der Waals surface area contributed by atoms with E-state index in [0.717, 1.165) is 6.04 Å². The summed E-state index contributed by atoms with van der Waals surface area (Å²) in [6.07, 6.45) is 18.0. The van der Waals surface area contributed by atoms with Crippen LogP contribution in [0, 0.1) is 0 Å². The van der Waals surface area contributed by atoms with Crippen molar-refractivity contribution in [2.45, 2.75) is 76.7 Å². The summed E-state index contributed by atoms with van der Waals surface area (Å²) >= 11 is 0. The molecule has 0 aromatic heterocycles. The molecule has 0 heterocycles. The fraction of sp³-hybridized carbons (Fsp3) is 0.867. The van der Waals surface area contributed by atoms with Crippen LogP contribution in [0.1, 0.15) is 70.6 Å². The molecule has 0 unspecified atom stereocenters. The molecular formula is C15H27N. The molecule has 0 aromatic carbocycles. The highest BCUT2D eigenvalue weighted by atomic mass is 14.9. The monoisotopic (exact) mass is 221 g/mol. The summed E-state index contributed by atoms with van der Waals surface area (Å²) in [5, 5.41) is 3.78. The molecule has 1 heteroatoms.